The van der Waals surface area contributed by atoms with E-state index in [0.717, 1.165) is 5.92 Å². The molecular weight excluding hydrogens is 272 g/mol. The van der Waals surface area contributed by atoms with Crippen molar-refractivity contribution in [3.8, 4) is 0 Å². The van der Waals surface area contributed by atoms with E-state index in [2.05, 4.69) is 68.9 Å². The lowest BCUT2D eigenvalue weighted by Crippen LogP contribution is -2.23. The lowest BCUT2D eigenvalue weighted by atomic mass is 9.71. The summed E-state index contributed by atoms with van der Waals surface area (Å²) in [6, 6.07) is 8.68. The van der Waals surface area contributed by atoms with Gasteiger partial charge in [0.1, 0.15) is 0 Å². The molecular formula is C20H28S. The van der Waals surface area contributed by atoms with Gasteiger partial charge in [-0.05, 0) is 66.4 Å². The first-order valence-electron chi connectivity index (χ1n) is 8.02. The molecule has 1 aliphatic rings. The fraction of sp³-hybridized carbons (Fsp3) is 0.500. The molecule has 21 heavy (non-hydrogen) atoms. The Hall–Kier alpha value is -0.950. The van der Waals surface area contributed by atoms with Gasteiger partial charge >= 0.3 is 0 Å². The molecule has 0 nitrogen and oxygen atoms in total. The van der Waals surface area contributed by atoms with Crippen LogP contribution in [0.4, 0.5) is 0 Å². The summed E-state index contributed by atoms with van der Waals surface area (Å²) in [4.78, 5) is 0. The molecule has 1 aromatic rings. The second kappa shape index (κ2) is 7.35. The lowest BCUT2D eigenvalue weighted by molar-refractivity contribution is 0.197. The van der Waals surface area contributed by atoms with Gasteiger partial charge in [-0.15, -0.1) is 11.8 Å². The molecule has 0 spiro atoms. The van der Waals surface area contributed by atoms with Gasteiger partial charge in [-0.1, -0.05) is 56.2 Å². The lowest BCUT2D eigenvalue weighted by Gasteiger charge is -2.34. The van der Waals surface area contributed by atoms with E-state index in [4.69, 9.17) is 0 Å². The molecule has 0 aromatic heterocycles. The molecule has 0 atom stereocenters. The second-order valence-electron chi connectivity index (χ2n) is 7.27. The summed E-state index contributed by atoms with van der Waals surface area (Å²) in [6.07, 6.45) is 7.48. The number of aryl methyl sites for hydroxylation is 1. The van der Waals surface area contributed by atoms with Crippen LogP contribution in [0.3, 0.4) is 0 Å². The molecule has 0 amide bonds. The van der Waals surface area contributed by atoms with Gasteiger partial charge in [0.05, 0.1) is 0 Å². The molecule has 0 radical (unpaired) electrons. The molecule has 1 heteroatoms. The molecule has 2 rings (SSSR count). The summed E-state index contributed by atoms with van der Waals surface area (Å²) in [5.41, 5.74) is 4.71. The second-order valence-corrected chi connectivity index (χ2v) is 8.05. The van der Waals surface area contributed by atoms with Crippen LogP contribution in [0.25, 0.3) is 6.08 Å². The van der Waals surface area contributed by atoms with Crippen molar-refractivity contribution in [2.75, 3.05) is 0 Å². The Bertz CT molecular complexity index is 490. The molecule has 0 bridgehead atoms. The first-order chi connectivity index (χ1) is 9.95. The minimum absolute atomic E-state index is 0.476. The summed E-state index contributed by atoms with van der Waals surface area (Å²) >= 11 is 1.82. The van der Waals surface area contributed by atoms with Crippen molar-refractivity contribution in [2.45, 2.75) is 53.4 Å². The highest BCUT2D eigenvalue weighted by Gasteiger charge is 2.27. The molecule has 1 aromatic carbocycles. The molecule has 114 valence electrons. The third-order valence-corrected chi connectivity index (χ3v) is 5.27. The highest BCUT2D eigenvalue weighted by Crippen LogP contribution is 2.40. The van der Waals surface area contributed by atoms with E-state index in [1.54, 1.807) is 5.57 Å². The normalized spacial score (nSPS) is 20.0. The van der Waals surface area contributed by atoms with Crippen LogP contribution in [0.15, 0.2) is 40.7 Å². The highest BCUT2D eigenvalue weighted by atomic mass is 32.2. The number of benzene rings is 1. The van der Waals surface area contributed by atoms with Crippen molar-refractivity contribution in [3.05, 3.63) is 51.8 Å². The number of hydrogen-bond acceptors (Lipinski definition) is 1. The summed E-state index contributed by atoms with van der Waals surface area (Å²) in [5, 5.41) is 4.57. The number of rotatable bonds is 3. The van der Waals surface area contributed by atoms with E-state index in [9.17, 15) is 0 Å². The highest BCUT2D eigenvalue weighted by molar-refractivity contribution is 8.05. The van der Waals surface area contributed by atoms with Crippen LogP contribution in [0.2, 0.25) is 0 Å². The zero-order chi connectivity index (χ0) is 15.3. The van der Waals surface area contributed by atoms with Crippen LogP contribution in [0, 0.1) is 18.3 Å². The predicted octanol–water partition coefficient (Wildman–Crippen LogP) is 6.82. The van der Waals surface area contributed by atoms with Crippen LogP contribution in [-0.2, 0) is 0 Å². The number of allylic oxidation sites excluding steroid dienone is 1. The van der Waals surface area contributed by atoms with E-state index in [0.29, 0.717) is 5.41 Å². The number of hydrogen-bond donors (Lipinski definition) is 0. The molecule has 0 N–H and O–H groups in total. The Kier molecular flexibility index (Phi) is 5.75. The Morgan fingerprint density at radius 1 is 1.05 bits per heavy atom. The number of thioether (sulfide) groups is 1. The summed E-state index contributed by atoms with van der Waals surface area (Å²) in [7, 11) is 0. The van der Waals surface area contributed by atoms with Crippen LogP contribution >= 0.6 is 11.8 Å². The fourth-order valence-corrected chi connectivity index (χ4v) is 3.65. The summed E-state index contributed by atoms with van der Waals surface area (Å²) in [6.45, 7) is 9.27. The minimum Gasteiger partial charge on any atom is -0.106 e. The predicted molar refractivity (Wildman–Crippen MR) is 97.3 cm³/mol. The van der Waals surface area contributed by atoms with Gasteiger partial charge in [0.2, 0.25) is 0 Å². The van der Waals surface area contributed by atoms with Gasteiger partial charge in [0.15, 0.2) is 0 Å². The van der Waals surface area contributed by atoms with Gasteiger partial charge in [-0.25, -0.2) is 0 Å². The zero-order valence-electron chi connectivity index (χ0n) is 13.9. The van der Waals surface area contributed by atoms with Crippen LogP contribution in [0.5, 0.6) is 0 Å². The van der Waals surface area contributed by atoms with Crippen LogP contribution in [-0.4, -0.2) is 0 Å². The maximum absolute atomic E-state index is 2.38. The summed E-state index contributed by atoms with van der Waals surface area (Å²) < 4.78 is 0. The van der Waals surface area contributed by atoms with E-state index < -0.39 is 0 Å². The van der Waals surface area contributed by atoms with E-state index in [1.165, 1.54) is 36.8 Å². The van der Waals surface area contributed by atoms with Crippen molar-refractivity contribution < 1.29 is 0 Å². The van der Waals surface area contributed by atoms with E-state index in [-0.39, 0.29) is 0 Å². The molecule has 0 heterocycles. The van der Waals surface area contributed by atoms with Crippen molar-refractivity contribution in [3.63, 3.8) is 0 Å². The van der Waals surface area contributed by atoms with E-state index >= 15 is 0 Å². The molecule has 0 unspecified atom stereocenters. The Labute approximate surface area is 134 Å². The standard InChI is InChI=1S/C20H28S/c1-16-5-7-17(8-6-16)13-14-21-15-18-9-11-19(12-10-18)20(2,3)4/h5-8,13-15,19H,9-12H2,1-4H3/b14-13+,18-15?. The van der Waals surface area contributed by atoms with Crippen molar-refractivity contribution >= 4 is 17.8 Å². The Morgan fingerprint density at radius 3 is 2.24 bits per heavy atom. The maximum Gasteiger partial charge on any atom is -0.0242 e. The molecule has 1 fully saturated rings. The average Bonchev–Trinajstić information content (AvgIpc) is 2.45. The van der Waals surface area contributed by atoms with Crippen molar-refractivity contribution in [1.82, 2.24) is 0 Å². The monoisotopic (exact) mass is 300 g/mol. The van der Waals surface area contributed by atoms with Gasteiger partial charge in [-0.3, -0.25) is 0 Å². The van der Waals surface area contributed by atoms with Crippen LogP contribution in [0.1, 0.15) is 57.6 Å². The van der Waals surface area contributed by atoms with Gasteiger partial charge in [0, 0.05) is 0 Å². The quantitative estimate of drug-likeness (QED) is 0.590. The maximum atomic E-state index is 2.38. The fourth-order valence-electron chi connectivity index (χ4n) is 2.90. The average molecular weight is 301 g/mol. The Morgan fingerprint density at radius 2 is 1.67 bits per heavy atom. The van der Waals surface area contributed by atoms with Crippen molar-refractivity contribution in [2.24, 2.45) is 11.3 Å². The topological polar surface area (TPSA) is 0 Å². The largest absolute Gasteiger partial charge is 0.106 e. The molecule has 0 saturated heterocycles. The van der Waals surface area contributed by atoms with Gasteiger partial charge in [-0.2, -0.15) is 0 Å². The third-order valence-electron chi connectivity index (χ3n) is 4.50. The Balaban J connectivity index is 1.79. The van der Waals surface area contributed by atoms with Gasteiger partial charge < -0.3 is 0 Å². The SMILES string of the molecule is Cc1ccc(/C=C/SC=C2CCC(C(C)(C)C)CC2)cc1. The zero-order valence-corrected chi connectivity index (χ0v) is 14.7. The first kappa shape index (κ1) is 16.4. The molecule has 0 aliphatic heterocycles. The molecule has 1 saturated carbocycles. The first-order valence-corrected chi connectivity index (χ1v) is 8.96. The third kappa shape index (κ3) is 5.39. The van der Waals surface area contributed by atoms with Gasteiger partial charge in [0.25, 0.3) is 0 Å². The van der Waals surface area contributed by atoms with Crippen molar-refractivity contribution in [1.29, 1.82) is 0 Å². The minimum atomic E-state index is 0.476. The summed E-state index contributed by atoms with van der Waals surface area (Å²) in [5.74, 6) is 0.891. The van der Waals surface area contributed by atoms with E-state index in [1.807, 2.05) is 11.8 Å². The molecule has 1 aliphatic carbocycles. The van der Waals surface area contributed by atoms with Crippen LogP contribution < -0.4 is 0 Å². The smallest absolute Gasteiger partial charge is 0.0242 e.